The van der Waals surface area contributed by atoms with E-state index in [1.165, 1.54) is 0 Å². The van der Waals surface area contributed by atoms with Crippen molar-refractivity contribution >= 4 is 23.2 Å². The van der Waals surface area contributed by atoms with E-state index in [-0.39, 0.29) is 5.56 Å². The van der Waals surface area contributed by atoms with Crippen LogP contribution in [0.5, 0.6) is 0 Å². The Morgan fingerprint density at radius 2 is 1.87 bits per heavy atom. The van der Waals surface area contributed by atoms with Crippen LogP contribution in [-0.4, -0.2) is 4.98 Å². The molecule has 0 saturated carbocycles. The van der Waals surface area contributed by atoms with Crippen molar-refractivity contribution in [3.63, 3.8) is 0 Å². The summed E-state index contributed by atoms with van der Waals surface area (Å²) in [5.74, 6) is 0. The van der Waals surface area contributed by atoms with Gasteiger partial charge in [-0.15, -0.1) is 0 Å². The standard InChI is InChI=1S/C11H7Cl2NO/c12-7-3-4-10(13)9(6-7)8-2-1-5-14-11(8)15/h1-6H,(H,14,15). The molecule has 1 aromatic carbocycles. The van der Waals surface area contributed by atoms with Gasteiger partial charge in [-0.25, -0.2) is 0 Å². The van der Waals surface area contributed by atoms with Crippen molar-refractivity contribution in [2.24, 2.45) is 0 Å². The summed E-state index contributed by atoms with van der Waals surface area (Å²) in [7, 11) is 0. The Morgan fingerprint density at radius 1 is 1.07 bits per heavy atom. The quantitative estimate of drug-likeness (QED) is 0.814. The molecular weight excluding hydrogens is 233 g/mol. The molecule has 2 nitrogen and oxygen atoms in total. The molecule has 0 aliphatic rings. The highest BCUT2D eigenvalue weighted by Gasteiger charge is 2.07. The SMILES string of the molecule is O=c1[nH]cccc1-c1cc(Cl)ccc1Cl. The Kier molecular flexibility index (Phi) is 2.80. The van der Waals surface area contributed by atoms with Gasteiger partial charge < -0.3 is 4.98 Å². The summed E-state index contributed by atoms with van der Waals surface area (Å²) in [6.45, 7) is 0. The number of hydrogen-bond acceptors (Lipinski definition) is 1. The average molecular weight is 240 g/mol. The fraction of sp³-hybridized carbons (Fsp3) is 0. The summed E-state index contributed by atoms with van der Waals surface area (Å²) >= 11 is 11.8. The van der Waals surface area contributed by atoms with Gasteiger partial charge in [-0.1, -0.05) is 23.2 Å². The monoisotopic (exact) mass is 239 g/mol. The Bertz CT molecular complexity index is 548. The lowest BCUT2D eigenvalue weighted by molar-refractivity contribution is 1.24. The van der Waals surface area contributed by atoms with E-state index in [2.05, 4.69) is 4.98 Å². The first-order valence-corrected chi connectivity index (χ1v) is 5.07. The summed E-state index contributed by atoms with van der Waals surface area (Å²) in [6.07, 6.45) is 1.57. The molecule has 0 amide bonds. The molecule has 0 fully saturated rings. The maximum absolute atomic E-state index is 11.5. The number of nitrogens with one attached hydrogen (secondary N) is 1. The van der Waals surface area contributed by atoms with Crippen molar-refractivity contribution in [2.75, 3.05) is 0 Å². The summed E-state index contributed by atoms with van der Waals surface area (Å²) in [4.78, 5) is 14.1. The van der Waals surface area contributed by atoms with Crippen LogP contribution in [0.15, 0.2) is 41.3 Å². The van der Waals surface area contributed by atoms with Crippen LogP contribution in [0.2, 0.25) is 10.0 Å². The Balaban J connectivity index is 2.69. The number of halogens is 2. The van der Waals surface area contributed by atoms with E-state index in [0.29, 0.717) is 21.2 Å². The largest absolute Gasteiger partial charge is 0.329 e. The van der Waals surface area contributed by atoms with E-state index in [1.807, 2.05) is 0 Å². The topological polar surface area (TPSA) is 32.9 Å². The van der Waals surface area contributed by atoms with Gasteiger partial charge in [-0.05, 0) is 30.3 Å². The summed E-state index contributed by atoms with van der Waals surface area (Å²) < 4.78 is 0. The van der Waals surface area contributed by atoms with Crippen molar-refractivity contribution in [3.05, 3.63) is 56.9 Å². The van der Waals surface area contributed by atoms with E-state index >= 15 is 0 Å². The average Bonchev–Trinajstić information content (AvgIpc) is 2.23. The van der Waals surface area contributed by atoms with Gasteiger partial charge in [-0.3, -0.25) is 4.79 Å². The first kappa shape index (κ1) is 10.3. The predicted octanol–water partition coefficient (Wildman–Crippen LogP) is 3.35. The lowest BCUT2D eigenvalue weighted by Crippen LogP contribution is -2.07. The minimum Gasteiger partial charge on any atom is -0.329 e. The second-order valence-corrected chi connectivity index (χ2v) is 3.88. The maximum Gasteiger partial charge on any atom is 0.255 e. The molecule has 0 radical (unpaired) electrons. The first-order valence-electron chi connectivity index (χ1n) is 4.31. The molecule has 1 aromatic heterocycles. The molecular formula is C11H7Cl2NO. The van der Waals surface area contributed by atoms with Gasteiger partial charge in [0, 0.05) is 27.4 Å². The van der Waals surface area contributed by atoms with Crippen LogP contribution in [0.1, 0.15) is 0 Å². The highest BCUT2D eigenvalue weighted by atomic mass is 35.5. The van der Waals surface area contributed by atoms with Crippen molar-refractivity contribution in [1.82, 2.24) is 4.98 Å². The molecule has 0 spiro atoms. The molecule has 2 rings (SSSR count). The third kappa shape index (κ3) is 2.06. The smallest absolute Gasteiger partial charge is 0.255 e. The number of hydrogen-bond donors (Lipinski definition) is 1. The molecule has 0 saturated heterocycles. The number of pyridine rings is 1. The second kappa shape index (κ2) is 4.09. The zero-order valence-corrected chi connectivity index (χ0v) is 9.14. The molecule has 1 heterocycles. The number of rotatable bonds is 1. The summed E-state index contributed by atoms with van der Waals surface area (Å²) in [5.41, 5.74) is 0.984. The van der Waals surface area contributed by atoms with Gasteiger partial charge in [0.2, 0.25) is 0 Å². The van der Waals surface area contributed by atoms with Gasteiger partial charge in [0.1, 0.15) is 0 Å². The van der Waals surface area contributed by atoms with Gasteiger partial charge in [0.25, 0.3) is 5.56 Å². The first-order chi connectivity index (χ1) is 7.18. The molecule has 2 aromatic rings. The molecule has 15 heavy (non-hydrogen) atoms. The Morgan fingerprint density at radius 3 is 2.60 bits per heavy atom. The van der Waals surface area contributed by atoms with Crippen LogP contribution < -0.4 is 5.56 Å². The third-order valence-electron chi connectivity index (χ3n) is 2.04. The highest BCUT2D eigenvalue weighted by Crippen LogP contribution is 2.28. The highest BCUT2D eigenvalue weighted by molar-refractivity contribution is 6.35. The van der Waals surface area contributed by atoms with Gasteiger partial charge in [0.05, 0.1) is 0 Å². The van der Waals surface area contributed by atoms with Gasteiger partial charge in [-0.2, -0.15) is 0 Å². The van der Waals surface area contributed by atoms with Crippen LogP contribution >= 0.6 is 23.2 Å². The van der Waals surface area contributed by atoms with Crippen LogP contribution in [0.4, 0.5) is 0 Å². The van der Waals surface area contributed by atoms with Crippen LogP contribution in [0.25, 0.3) is 11.1 Å². The van der Waals surface area contributed by atoms with E-state index < -0.39 is 0 Å². The molecule has 1 N–H and O–H groups in total. The number of H-pyrrole nitrogens is 1. The normalized spacial score (nSPS) is 10.3. The number of aromatic nitrogens is 1. The predicted molar refractivity (Wildman–Crippen MR) is 62.5 cm³/mol. The van der Waals surface area contributed by atoms with Crippen molar-refractivity contribution in [3.8, 4) is 11.1 Å². The van der Waals surface area contributed by atoms with Crippen LogP contribution in [0.3, 0.4) is 0 Å². The van der Waals surface area contributed by atoms with Crippen LogP contribution in [0, 0.1) is 0 Å². The fourth-order valence-electron chi connectivity index (χ4n) is 1.34. The Labute approximate surface area is 96.5 Å². The molecule has 0 unspecified atom stereocenters. The molecule has 76 valence electrons. The zero-order chi connectivity index (χ0) is 10.8. The van der Waals surface area contributed by atoms with Gasteiger partial charge >= 0.3 is 0 Å². The Hall–Kier alpha value is -1.25. The lowest BCUT2D eigenvalue weighted by atomic mass is 10.1. The van der Waals surface area contributed by atoms with E-state index in [9.17, 15) is 4.79 Å². The van der Waals surface area contributed by atoms with Gasteiger partial charge in [0.15, 0.2) is 0 Å². The molecule has 0 atom stereocenters. The minimum absolute atomic E-state index is 0.179. The number of benzene rings is 1. The fourth-order valence-corrected chi connectivity index (χ4v) is 1.73. The second-order valence-electron chi connectivity index (χ2n) is 3.04. The molecule has 0 aliphatic heterocycles. The molecule has 0 bridgehead atoms. The van der Waals surface area contributed by atoms with E-state index in [4.69, 9.17) is 23.2 Å². The van der Waals surface area contributed by atoms with E-state index in [0.717, 1.165) is 0 Å². The summed E-state index contributed by atoms with van der Waals surface area (Å²) in [5, 5.41) is 1.06. The maximum atomic E-state index is 11.5. The summed E-state index contributed by atoms with van der Waals surface area (Å²) in [6, 6.07) is 8.48. The zero-order valence-electron chi connectivity index (χ0n) is 7.63. The molecule has 4 heteroatoms. The van der Waals surface area contributed by atoms with Crippen molar-refractivity contribution in [2.45, 2.75) is 0 Å². The van der Waals surface area contributed by atoms with Crippen molar-refractivity contribution in [1.29, 1.82) is 0 Å². The molecule has 0 aliphatic carbocycles. The lowest BCUT2D eigenvalue weighted by Gasteiger charge is -2.03. The minimum atomic E-state index is -0.179. The van der Waals surface area contributed by atoms with Crippen molar-refractivity contribution < 1.29 is 0 Å². The van der Waals surface area contributed by atoms with Crippen LogP contribution in [-0.2, 0) is 0 Å². The third-order valence-corrected chi connectivity index (χ3v) is 2.60. The number of aromatic amines is 1. The van der Waals surface area contributed by atoms with E-state index in [1.54, 1.807) is 36.5 Å².